The predicted octanol–water partition coefficient (Wildman–Crippen LogP) is 1.63. The predicted molar refractivity (Wildman–Crippen MR) is 73.7 cm³/mol. The molecular weight excluding hydrogens is 252 g/mol. The Morgan fingerprint density at radius 3 is 2.30 bits per heavy atom. The van der Waals surface area contributed by atoms with Gasteiger partial charge in [-0.1, -0.05) is 30.3 Å². The summed E-state index contributed by atoms with van der Waals surface area (Å²) in [5, 5.41) is 2.96. The molecule has 0 bridgehead atoms. The summed E-state index contributed by atoms with van der Waals surface area (Å²) in [7, 11) is 0. The van der Waals surface area contributed by atoms with E-state index < -0.39 is 6.04 Å². The van der Waals surface area contributed by atoms with Gasteiger partial charge in [0.1, 0.15) is 12.1 Å². The zero-order valence-electron chi connectivity index (χ0n) is 11.3. The lowest BCUT2D eigenvalue weighted by molar-refractivity contribution is -0.151. The minimum atomic E-state index is -0.439. The van der Waals surface area contributed by atoms with Gasteiger partial charge in [0.05, 0.1) is 0 Å². The fraction of sp³-hybridized carbons (Fsp3) is 0.500. The van der Waals surface area contributed by atoms with Gasteiger partial charge in [-0.15, -0.1) is 0 Å². The minimum Gasteiger partial charge on any atom is -0.342 e. The van der Waals surface area contributed by atoms with Crippen LogP contribution in [0.25, 0.3) is 0 Å². The van der Waals surface area contributed by atoms with Crippen molar-refractivity contribution in [2.24, 2.45) is 5.92 Å². The number of carbonyl (C=O) groups excluding carboxylic acids is 2. The SMILES string of the molecule is O=C1NC(C2CC2)C(=O)N(C2CC2)C1c1ccccc1. The van der Waals surface area contributed by atoms with Crippen LogP contribution >= 0.6 is 0 Å². The van der Waals surface area contributed by atoms with Crippen molar-refractivity contribution in [3.05, 3.63) is 35.9 Å². The summed E-state index contributed by atoms with van der Waals surface area (Å²) in [6, 6.07) is 9.19. The number of amides is 2. The molecule has 1 saturated heterocycles. The van der Waals surface area contributed by atoms with Crippen LogP contribution in [0.2, 0.25) is 0 Å². The van der Waals surface area contributed by atoms with Gasteiger partial charge in [-0.2, -0.15) is 0 Å². The van der Waals surface area contributed by atoms with E-state index in [4.69, 9.17) is 0 Å². The van der Waals surface area contributed by atoms with E-state index in [9.17, 15) is 9.59 Å². The van der Waals surface area contributed by atoms with Crippen LogP contribution in [0.5, 0.6) is 0 Å². The second kappa shape index (κ2) is 4.33. The van der Waals surface area contributed by atoms with Gasteiger partial charge in [0.25, 0.3) is 0 Å². The Balaban J connectivity index is 1.69. The third kappa shape index (κ3) is 1.90. The highest BCUT2D eigenvalue weighted by atomic mass is 16.2. The van der Waals surface area contributed by atoms with Crippen molar-refractivity contribution in [3.8, 4) is 0 Å². The van der Waals surface area contributed by atoms with Gasteiger partial charge in [-0.05, 0) is 37.2 Å². The number of hydrogen-bond donors (Lipinski definition) is 1. The molecule has 4 heteroatoms. The molecule has 1 N–H and O–H groups in total. The molecule has 1 aliphatic heterocycles. The Morgan fingerprint density at radius 1 is 1.00 bits per heavy atom. The van der Waals surface area contributed by atoms with E-state index >= 15 is 0 Å². The summed E-state index contributed by atoms with van der Waals surface area (Å²) < 4.78 is 0. The lowest BCUT2D eigenvalue weighted by Crippen LogP contribution is -2.60. The molecule has 1 aromatic carbocycles. The summed E-state index contributed by atoms with van der Waals surface area (Å²) in [6.07, 6.45) is 4.18. The zero-order valence-corrected chi connectivity index (χ0v) is 11.3. The second-order valence-corrected chi connectivity index (χ2v) is 6.11. The number of piperazine rings is 1. The number of hydrogen-bond acceptors (Lipinski definition) is 2. The van der Waals surface area contributed by atoms with Crippen LogP contribution in [0.4, 0.5) is 0 Å². The molecule has 2 saturated carbocycles. The topological polar surface area (TPSA) is 49.4 Å². The zero-order chi connectivity index (χ0) is 13.7. The minimum absolute atomic E-state index is 0.0143. The highest BCUT2D eigenvalue weighted by Crippen LogP contribution is 2.41. The van der Waals surface area contributed by atoms with Crippen molar-refractivity contribution in [1.82, 2.24) is 10.2 Å². The fourth-order valence-electron chi connectivity index (χ4n) is 3.15. The van der Waals surface area contributed by atoms with E-state index in [1.165, 1.54) is 0 Å². The molecule has 0 radical (unpaired) electrons. The van der Waals surface area contributed by atoms with Gasteiger partial charge < -0.3 is 10.2 Å². The smallest absolute Gasteiger partial charge is 0.248 e. The third-order valence-corrected chi connectivity index (χ3v) is 4.49. The van der Waals surface area contributed by atoms with Crippen molar-refractivity contribution >= 4 is 11.8 Å². The lowest BCUT2D eigenvalue weighted by atomic mass is 9.97. The maximum atomic E-state index is 12.7. The Hall–Kier alpha value is -1.84. The number of benzene rings is 1. The molecule has 3 fully saturated rings. The van der Waals surface area contributed by atoms with Crippen LogP contribution in [0, 0.1) is 5.92 Å². The largest absolute Gasteiger partial charge is 0.342 e. The summed E-state index contributed by atoms with van der Waals surface area (Å²) in [5.74, 6) is 0.479. The van der Waals surface area contributed by atoms with Crippen molar-refractivity contribution < 1.29 is 9.59 Å². The van der Waals surface area contributed by atoms with Gasteiger partial charge in [0.2, 0.25) is 11.8 Å². The number of nitrogens with zero attached hydrogens (tertiary/aromatic N) is 1. The Morgan fingerprint density at radius 2 is 1.70 bits per heavy atom. The molecule has 20 heavy (non-hydrogen) atoms. The summed E-state index contributed by atoms with van der Waals surface area (Å²) in [5.41, 5.74) is 0.916. The van der Waals surface area contributed by atoms with Crippen LogP contribution < -0.4 is 5.32 Å². The highest BCUT2D eigenvalue weighted by Gasteiger charge is 2.51. The van der Waals surface area contributed by atoms with Crippen molar-refractivity contribution in [2.45, 2.75) is 43.8 Å². The molecule has 1 heterocycles. The van der Waals surface area contributed by atoms with Crippen LogP contribution in [-0.4, -0.2) is 28.8 Å². The average molecular weight is 270 g/mol. The Labute approximate surface area is 118 Å². The standard InChI is InChI=1S/C16H18N2O2/c19-15-14(11-4-2-1-3-5-11)18(12-8-9-12)16(20)13(17-15)10-6-7-10/h1-5,10,12-14H,6-9H2,(H,17,19). The first-order chi connectivity index (χ1) is 9.75. The molecule has 2 aliphatic carbocycles. The number of rotatable bonds is 3. The highest BCUT2D eigenvalue weighted by molar-refractivity contribution is 5.98. The van der Waals surface area contributed by atoms with E-state index in [1.54, 1.807) is 0 Å². The van der Waals surface area contributed by atoms with Gasteiger partial charge in [0, 0.05) is 6.04 Å². The van der Waals surface area contributed by atoms with Gasteiger partial charge in [-0.3, -0.25) is 9.59 Å². The fourth-order valence-corrected chi connectivity index (χ4v) is 3.15. The number of carbonyl (C=O) groups is 2. The van der Waals surface area contributed by atoms with Crippen molar-refractivity contribution in [1.29, 1.82) is 0 Å². The third-order valence-electron chi connectivity index (χ3n) is 4.49. The lowest BCUT2D eigenvalue weighted by Gasteiger charge is -2.39. The summed E-state index contributed by atoms with van der Waals surface area (Å²) >= 11 is 0. The monoisotopic (exact) mass is 270 g/mol. The Bertz CT molecular complexity index is 549. The van der Waals surface area contributed by atoms with Crippen LogP contribution in [0.3, 0.4) is 0 Å². The van der Waals surface area contributed by atoms with Crippen LogP contribution in [-0.2, 0) is 9.59 Å². The van der Waals surface area contributed by atoms with E-state index in [1.807, 2.05) is 35.2 Å². The van der Waals surface area contributed by atoms with Gasteiger partial charge in [0.15, 0.2) is 0 Å². The van der Waals surface area contributed by atoms with E-state index in [0.29, 0.717) is 5.92 Å². The average Bonchev–Trinajstić information content (AvgIpc) is 3.34. The molecule has 4 nitrogen and oxygen atoms in total. The van der Waals surface area contributed by atoms with E-state index in [2.05, 4.69) is 5.32 Å². The molecular formula is C16H18N2O2. The van der Waals surface area contributed by atoms with Crippen molar-refractivity contribution in [3.63, 3.8) is 0 Å². The molecule has 0 spiro atoms. The van der Waals surface area contributed by atoms with Crippen LogP contribution in [0.15, 0.2) is 30.3 Å². The summed E-state index contributed by atoms with van der Waals surface area (Å²) in [6.45, 7) is 0. The normalized spacial score (nSPS) is 30.3. The molecule has 0 aromatic heterocycles. The molecule has 2 atom stereocenters. The van der Waals surface area contributed by atoms with E-state index in [-0.39, 0.29) is 23.9 Å². The van der Waals surface area contributed by atoms with Crippen LogP contribution in [0.1, 0.15) is 37.3 Å². The molecule has 2 unspecified atom stereocenters. The first-order valence-corrected chi connectivity index (χ1v) is 7.43. The molecule has 3 aliphatic rings. The maximum absolute atomic E-state index is 12.7. The van der Waals surface area contributed by atoms with E-state index in [0.717, 1.165) is 31.2 Å². The molecule has 1 aromatic rings. The molecule has 104 valence electrons. The number of nitrogens with one attached hydrogen (secondary N) is 1. The molecule has 2 amide bonds. The quantitative estimate of drug-likeness (QED) is 0.907. The first-order valence-electron chi connectivity index (χ1n) is 7.43. The molecule has 4 rings (SSSR count). The summed E-state index contributed by atoms with van der Waals surface area (Å²) in [4.78, 5) is 27.1. The first kappa shape index (κ1) is 11.9. The van der Waals surface area contributed by atoms with Crippen molar-refractivity contribution in [2.75, 3.05) is 0 Å². The van der Waals surface area contributed by atoms with Gasteiger partial charge in [-0.25, -0.2) is 0 Å². The Kier molecular flexibility index (Phi) is 2.59. The maximum Gasteiger partial charge on any atom is 0.248 e. The van der Waals surface area contributed by atoms with Gasteiger partial charge >= 0.3 is 0 Å². The second-order valence-electron chi connectivity index (χ2n) is 6.11.